The van der Waals surface area contributed by atoms with Crippen LogP contribution in [-0.4, -0.2) is 51.7 Å². The normalized spacial score (nSPS) is 12.5. The molecule has 1 atom stereocenters. The number of rotatable bonds is 7. The molecule has 21 heavy (non-hydrogen) atoms. The van der Waals surface area contributed by atoms with Gasteiger partial charge in [-0.3, -0.25) is 4.79 Å². The number of sulfonamides is 1. The van der Waals surface area contributed by atoms with Gasteiger partial charge < -0.3 is 15.2 Å². The Bertz CT molecular complexity index is 587. The maximum atomic E-state index is 11.8. The first-order valence-corrected chi connectivity index (χ1v) is 7.41. The number of aliphatic hydroxyl groups excluding tert-OH is 1. The maximum absolute atomic E-state index is 11.8. The van der Waals surface area contributed by atoms with E-state index in [9.17, 15) is 18.0 Å². The lowest BCUT2D eigenvalue weighted by atomic mass is 10.3. The standard InChI is InChI=1S/C12H16N2O6S/c1-20-12(17)10(8-15)14-11(16)7-13-21(18,19)9-5-3-2-4-6-9/h2-6,10,13,15H,7-8H2,1H3,(H,14,16). The van der Waals surface area contributed by atoms with Gasteiger partial charge in [-0.15, -0.1) is 0 Å². The number of carbonyl (C=O) groups excluding carboxylic acids is 2. The van der Waals surface area contributed by atoms with E-state index in [1.54, 1.807) is 18.2 Å². The Kier molecular flexibility index (Phi) is 6.28. The quantitative estimate of drug-likeness (QED) is 0.533. The summed E-state index contributed by atoms with van der Waals surface area (Å²) in [6.07, 6.45) is 0. The van der Waals surface area contributed by atoms with Gasteiger partial charge >= 0.3 is 5.97 Å². The van der Waals surface area contributed by atoms with Crippen molar-refractivity contribution in [2.75, 3.05) is 20.3 Å². The molecule has 0 aromatic heterocycles. The Labute approximate surface area is 122 Å². The van der Waals surface area contributed by atoms with E-state index in [1.807, 2.05) is 0 Å². The molecule has 0 radical (unpaired) electrons. The van der Waals surface area contributed by atoms with Crippen molar-refractivity contribution in [1.29, 1.82) is 0 Å². The zero-order valence-corrected chi connectivity index (χ0v) is 12.1. The fourth-order valence-corrected chi connectivity index (χ4v) is 2.41. The molecule has 8 nitrogen and oxygen atoms in total. The van der Waals surface area contributed by atoms with Crippen LogP contribution < -0.4 is 10.0 Å². The molecule has 1 aromatic rings. The molecular weight excluding hydrogens is 300 g/mol. The SMILES string of the molecule is COC(=O)C(CO)NC(=O)CNS(=O)(=O)c1ccccc1. The zero-order valence-electron chi connectivity index (χ0n) is 11.3. The van der Waals surface area contributed by atoms with Crippen LogP contribution in [0.4, 0.5) is 0 Å². The van der Waals surface area contributed by atoms with Gasteiger partial charge in [0.2, 0.25) is 15.9 Å². The van der Waals surface area contributed by atoms with Crippen LogP contribution >= 0.6 is 0 Å². The molecule has 0 aliphatic carbocycles. The molecule has 3 N–H and O–H groups in total. The molecule has 0 aliphatic rings. The lowest BCUT2D eigenvalue weighted by Crippen LogP contribution is -2.47. The number of hydrogen-bond donors (Lipinski definition) is 3. The molecule has 0 spiro atoms. The zero-order chi connectivity index (χ0) is 15.9. The van der Waals surface area contributed by atoms with E-state index in [0.717, 1.165) is 7.11 Å². The van der Waals surface area contributed by atoms with Crippen LogP contribution in [0, 0.1) is 0 Å². The molecule has 0 fully saturated rings. The molecule has 1 aromatic carbocycles. The first kappa shape index (κ1) is 17.1. The van der Waals surface area contributed by atoms with Gasteiger partial charge in [0.05, 0.1) is 25.2 Å². The fraction of sp³-hybridized carbons (Fsp3) is 0.333. The average molecular weight is 316 g/mol. The van der Waals surface area contributed by atoms with E-state index >= 15 is 0 Å². The van der Waals surface area contributed by atoms with Crippen molar-refractivity contribution in [2.24, 2.45) is 0 Å². The third-order valence-corrected chi connectivity index (χ3v) is 3.90. The molecule has 0 aliphatic heterocycles. The number of aliphatic hydroxyl groups is 1. The minimum absolute atomic E-state index is 0.0180. The molecule has 0 heterocycles. The van der Waals surface area contributed by atoms with Gasteiger partial charge in [-0.1, -0.05) is 18.2 Å². The second kappa shape index (κ2) is 7.72. The Morgan fingerprint density at radius 3 is 2.43 bits per heavy atom. The summed E-state index contributed by atoms with van der Waals surface area (Å²) in [4.78, 5) is 22.7. The summed E-state index contributed by atoms with van der Waals surface area (Å²) in [7, 11) is -2.71. The number of esters is 1. The van der Waals surface area contributed by atoms with Crippen molar-refractivity contribution in [3.8, 4) is 0 Å². The van der Waals surface area contributed by atoms with Crippen molar-refractivity contribution in [1.82, 2.24) is 10.0 Å². The molecular formula is C12H16N2O6S. The second-order valence-electron chi connectivity index (χ2n) is 3.96. The summed E-state index contributed by atoms with van der Waals surface area (Å²) in [6.45, 7) is -1.21. The van der Waals surface area contributed by atoms with E-state index < -0.39 is 41.1 Å². The van der Waals surface area contributed by atoms with Gasteiger partial charge in [-0.05, 0) is 12.1 Å². The van der Waals surface area contributed by atoms with E-state index in [-0.39, 0.29) is 4.90 Å². The molecule has 0 saturated carbocycles. The topological polar surface area (TPSA) is 122 Å². The number of ether oxygens (including phenoxy) is 1. The van der Waals surface area contributed by atoms with Gasteiger partial charge in [-0.25, -0.2) is 17.9 Å². The smallest absolute Gasteiger partial charge is 0.330 e. The van der Waals surface area contributed by atoms with Gasteiger partial charge in [0.1, 0.15) is 0 Å². The van der Waals surface area contributed by atoms with Crippen molar-refractivity contribution >= 4 is 21.9 Å². The first-order valence-electron chi connectivity index (χ1n) is 5.93. The molecule has 9 heteroatoms. The number of methoxy groups -OCH3 is 1. The Morgan fingerprint density at radius 1 is 1.29 bits per heavy atom. The monoisotopic (exact) mass is 316 g/mol. The van der Waals surface area contributed by atoms with Crippen LogP contribution in [0.15, 0.2) is 35.2 Å². The number of nitrogens with one attached hydrogen (secondary N) is 2. The van der Waals surface area contributed by atoms with Gasteiger partial charge in [0, 0.05) is 0 Å². The Hall–Kier alpha value is -1.97. The van der Waals surface area contributed by atoms with Crippen LogP contribution in [0.5, 0.6) is 0 Å². The number of carbonyl (C=O) groups is 2. The molecule has 0 saturated heterocycles. The predicted molar refractivity (Wildman–Crippen MR) is 72.7 cm³/mol. The van der Waals surface area contributed by atoms with Gasteiger partial charge in [0.25, 0.3) is 0 Å². The van der Waals surface area contributed by atoms with Gasteiger partial charge in [-0.2, -0.15) is 0 Å². The molecule has 116 valence electrons. The Balaban J connectivity index is 2.59. The largest absolute Gasteiger partial charge is 0.467 e. The minimum atomic E-state index is -3.81. The van der Waals surface area contributed by atoms with Gasteiger partial charge in [0.15, 0.2) is 6.04 Å². The first-order chi connectivity index (χ1) is 9.90. The molecule has 1 unspecified atom stereocenters. The van der Waals surface area contributed by atoms with Crippen LogP contribution in [0.25, 0.3) is 0 Å². The minimum Gasteiger partial charge on any atom is -0.467 e. The highest BCUT2D eigenvalue weighted by atomic mass is 32.2. The van der Waals surface area contributed by atoms with E-state index in [0.29, 0.717) is 0 Å². The van der Waals surface area contributed by atoms with E-state index in [1.165, 1.54) is 12.1 Å². The number of amides is 1. The van der Waals surface area contributed by atoms with Crippen LogP contribution in [0.3, 0.4) is 0 Å². The van der Waals surface area contributed by atoms with Crippen molar-refractivity contribution in [3.63, 3.8) is 0 Å². The van der Waals surface area contributed by atoms with E-state index in [4.69, 9.17) is 5.11 Å². The van der Waals surface area contributed by atoms with Crippen molar-refractivity contribution < 1.29 is 27.9 Å². The summed E-state index contributed by atoms with van der Waals surface area (Å²) in [5.74, 6) is -1.59. The van der Waals surface area contributed by atoms with Crippen LogP contribution in [-0.2, 0) is 24.3 Å². The fourth-order valence-electron chi connectivity index (χ4n) is 1.41. The predicted octanol–water partition coefficient (Wildman–Crippen LogP) is -1.38. The summed E-state index contributed by atoms with van der Waals surface area (Å²) in [5.41, 5.74) is 0. The molecule has 1 rings (SSSR count). The molecule has 0 bridgehead atoms. The highest BCUT2D eigenvalue weighted by Gasteiger charge is 2.21. The van der Waals surface area contributed by atoms with Crippen LogP contribution in [0.1, 0.15) is 0 Å². The number of hydrogen-bond acceptors (Lipinski definition) is 6. The lowest BCUT2D eigenvalue weighted by molar-refractivity contribution is -0.146. The average Bonchev–Trinajstić information content (AvgIpc) is 2.50. The lowest BCUT2D eigenvalue weighted by Gasteiger charge is -2.14. The summed E-state index contributed by atoms with van der Waals surface area (Å²) in [5, 5.41) is 11.1. The van der Waals surface area contributed by atoms with E-state index in [2.05, 4.69) is 14.8 Å². The summed E-state index contributed by atoms with van der Waals surface area (Å²) < 4.78 is 30.2. The third-order valence-electron chi connectivity index (χ3n) is 2.48. The second-order valence-corrected chi connectivity index (χ2v) is 5.73. The van der Waals surface area contributed by atoms with Crippen LogP contribution in [0.2, 0.25) is 0 Å². The molecule has 1 amide bonds. The summed E-state index contributed by atoms with van der Waals surface area (Å²) in [6, 6.07) is 6.29. The van der Waals surface area contributed by atoms with Crippen molar-refractivity contribution in [2.45, 2.75) is 10.9 Å². The maximum Gasteiger partial charge on any atom is 0.330 e. The third kappa shape index (κ3) is 5.14. The summed E-state index contributed by atoms with van der Waals surface area (Å²) >= 11 is 0. The highest BCUT2D eigenvalue weighted by Crippen LogP contribution is 2.06. The highest BCUT2D eigenvalue weighted by molar-refractivity contribution is 7.89. The Morgan fingerprint density at radius 2 is 1.90 bits per heavy atom. The number of benzene rings is 1. The van der Waals surface area contributed by atoms with Crippen molar-refractivity contribution in [3.05, 3.63) is 30.3 Å².